The van der Waals surface area contributed by atoms with Crippen molar-refractivity contribution in [2.45, 2.75) is 6.42 Å². The van der Waals surface area contributed by atoms with Crippen LogP contribution in [0.2, 0.25) is 0 Å². The fraction of sp³-hybridized carbons (Fsp3) is 0.263. The Balaban J connectivity index is 1.88. The van der Waals surface area contributed by atoms with Gasteiger partial charge in [-0.3, -0.25) is 4.21 Å². The summed E-state index contributed by atoms with van der Waals surface area (Å²) in [5, 5.41) is 2.62. The molecule has 8 heteroatoms. The summed E-state index contributed by atoms with van der Waals surface area (Å²) in [7, 11) is 0.321. The Bertz CT molecular complexity index is 920. The summed E-state index contributed by atoms with van der Waals surface area (Å²) in [6, 6.07) is 10.5. The molecule has 0 fully saturated rings. The molecule has 0 bridgehead atoms. The first-order valence-corrected chi connectivity index (χ1v) is 10.8. The highest BCUT2D eigenvalue weighted by atomic mass is 32.2. The molecule has 2 atom stereocenters. The molecule has 0 aliphatic rings. The molecule has 0 aromatic heterocycles. The molecule has 27 heavy (non-hydrogen) atoms. The minimum atomic E-state index is -1.51. The van der Waals surface area contributed by atoms with Crippen LogP contribution in [0, 0.1) is 11.2 Å². The van der Waals surface area contributed by atoms with Crippen molar-refractivity contribution in [3.05, 3.63) is 47.5 Å². The van der Waals surface area contributed by atoms with Crippen LogP contribution >= 0.6 is 0 Å². The maximum atomic E-state index is 12.1. The lowest BCUT2D eigenvalue weighted by molar-refractivity contribution is 0.417. The molecule has 0 spiro atoms. The molecule has 2 aromatic rings. The van der Waals surface area contributed by atoms with Crippen LogP contribution in [0.3, 0.4) is 0 Å². The van der Waals surface area contributed by atoms with Crippen LogP contribution < -0.4 is 20.9 Å². The maximum Gasteiger partial charge on any atom is 0.141 e. The Labute approximate surface area is 164 Å². The highest BCUT2D eigenvalue weighted by Crippen LogP contribution is 2.22. The van der Waals surface area contributed by atoms with Crippen LogP contribution in [-0.4, -0.2) is 33.5 Å². The lowest BCUT2D eigenvalue weighted by Crippen LogP contribution is -2.09. The normalized spacial score (nSPS) is 12.5. The largest absolute Gasteiger partial charge is 0.495 e. The fourth-order valence-corrected chi connectivity index (χ4v) is 4.66. The van der Waals surface area contributed by atoms with Crippen molar-refractivity contribution in [1.29, 1.82) is 0 Å². The molecule has 4 N–H and O–H groups in total. The number of nitrogens with two attached hydrogens (primary N) is 2. The Hall–Kier alpha value is -2.50. The van der Waals surface area contributed by atoms with Crippen molar-refractivity contribution in [2.75, 3.05) is 36.5 Å². The predicted molar refractivity (Wildman–Crippen MR) is 111 cm³/mol. The van der Waals surface area contributed by atoms with Gasteiger partial charge < -0.3 is 20.9 Å². The molecule has 6 nitrogen and oxygen atoms in total. The van der Waals surface area contributed by atoms with Gasteiger partial charge >= 0.3 is 0 Å². The molecule has 0 heterocycles. The number of aryl methyl sites for hydroxylation is 1. The van der Waals surface area contributed by atoms with Gasteiger partial charge in [-0.25, -0.2) is 4.21 Å². The number of ether oxygens (including phenoxy) is 2. The summed E-state index contributed by atoms with van der Waals surface area (Å²) >= 11 is 0. The highest BCUT2D eigenvalue weighted by Gasteiger charge is 2.07. The zero-order chi connectivity index (χ0) is 19.8. The molecule has 0 saturated heterocycles. The van der Waals surface area contributed by atoms with E-state index in [9.17, 15) is 8.42 Å². The second kappa shape index (κ2) is 10.00. The predicted octanol–water partition coefficient (Wildman–Crippen LogP) is 1.87. The van der Waals surface area contributed by atoms with Crippen molar-refractivity contribution in [3.8, 4) is 22.7 Å². The van der Waals surface area contributed by atoms with Gasteiger partial charge in [-0.15, -0.1) is 0 Å². The SMILES string of the molecule is COc1ccc(C#CS(=O)CS(=O)CCc2ccc(OC)c(N)c2)cc1N. The molecular weight excluding hydrogens is 384 g/mol. The summed E-state index contributed by atoms with van der Waals surface area (Å²) in [4.78, 5) is 0. The zero-order valence-corrected chi connectivity index (χ0v) is 16.8. The minimum absolute atomic E-state index is 0.00424. The number of rotatable bonds is 7. The number of anilines is 2. The Morgan fingerprint density at radius 2 is 1.59 bits per heavy atom. The molecule has 144 valence electrons. The van der Waals surface area contributed by atoms with Crippen LogP contribution in [0.15, 0.2) is 36.4 Å². The van der Waals surface area contributed by atoms with E-state index in [1.807, 2.05) is 6.07 Å². The van der Waals surface area contributed by atoms with Crippen molar-refractivity contribution in [2.24, 2.45) is 0 Å². The van der Waals surface area contributed by atoms with E-state index in [0.29, 0.717) is 40.6 Å². The van der Waals surface area contributed by atoms with Crippen LogP contribution in [0.25, 0.3) is 0 Å². The second-order valence-electron chi connectivity index (χ2n) is 5.62. The van der Waals surface area contributed by atoms with Gasteiger partial charge in [0.1, 0.15) is 27.4 Å². The Morgan fingerprint density at radius 3 is 2.19 bits per heavy atom. The highest BCUT2D eigenvalue weighted by molar-refractivity contribution is 8.04. The number of methoxy groups -OCH3 is 2. The van der Waals surface area contributed by atoms with Crippen LogP contribution in [0.5, 0.6) is 11.5 Å². The molecule has 0 radical (unpaired) electrons. The molecule has 2 unspecified atom stereocenters. The van der Waals surface area contributed by atoms with Gasteiger partial charge in [0.05, 0.1) is 25.6 Å². The minimum Gasteiger partial charge on any atom is -0.495 e. The van der Waals surface area contributed by atoms with E-state index in [4.69, 9.17) is 20.9 Å². The molecule has 2 rings (SSSR count). The van der Waals surface area contributed by atoms with Gasteiger partial charge in [-0.05, 0) is 42.3 Å². The fourth-order valence-electron chi connectivity index (χ4n) is 2.31. The third kappa shape index (κ3) is 6.31. The van der Waals surface area contributed by atoms with Crippen molar-refractivity contribution in [1.82, 2.24) is 0 Å². The third-order valence-corrected chi connectivity index (χ3v) is 6.59. The lowest BCUT2D eigenvalue weighted by atomic mass is 10.1. The van der Waals surface area contributed by atoms with E-state index in [2.05, 4.69) is 11.2 Å². The molecule has 0 amide bonds. The summed E-state index contributed by atoms with van der Waals surface area (Å²) in [5.41, 5.74) is 14.2. The Kier molecular flexibility index (Phi) is 7.70. The van der Waals surface area contributed by atoms with Gasteiger partial charge in [-0.2, -0.15) is 0 Å². The van der Waals surface area contributed by atoms with Crippen LogP contribution in [0.4, 0.5) is 11.4 Å². The van der Waals surface area contributed by atoms with E-state index in [-0.39, 0.29) is 5.08 Å². The average Bonchev–Trinajstić information content (AvgIpc) is 2.65. The first-order chi connectivity index (χ1) is 12.9. The van der Waals surface area contributed by atoms with Gasteiger partial charge in [0.15, 0.2) is 0 Å². The monoisotopic (exact) mass is 406 g/mol. The summed E-state index contributed by atoms with van der Waals surface area (Å²) < 4.78 is 34.4. The topological polar surface area (TPSA) is 105 Å². The van der Waals surface area contributed by atoms with Crippen molar-refractivity contribution in [3.63, 3.8) is 0 Å². The van der Waals surface area contributed by atoms with E-state index in [1.54, 1.807) is 37.4 Å². The first-order valence-electron chi connectivity index (χ1n) is 8.04. The molecular formula is C19H22N2O4S2. The van der Waals surface area contributed by atoms with Crippen LogP contribution in [-0.2, 0) is 28.0 Å². The smallest absolute Gasteiger partial charge is 0.141 e. The standard InChI is InChI=1S/C19H22N2O4S2/c1-24-18-5-3-14(11-16(18)20)7-9-26(22)13-27(23)10-8-15-4-6-19(25-2)17(21)12-15/h3-6,11-12H,7,9,13,20-21H2,1-2H3. The zero-order valence-electron chi connectivity index (χ0n) is 15.2. The summed E-state index contributed by atoms with van der Waals surface area (Å²) in [5.74, 6) is 4.33. The number of nitrogen functional groups attached to an aromatic ring is 2. The van der Waals surface area contributed by atoms with Crippen LogP contribution in [0.1, 0.15) is 11.1 Å². The van der Waals surface area contributed by atoms with E-state index in [0.717, 1.165) is 5.56 Å². The summed E-state index contributed by atoms with van der Waals surface area (Å²) in [6.45, 7) is 0. The maximum absolute atomic E-state index is 12.1. The summed E-state index contributed by atoms with van der Waals surface area (Å²) in [6.07, 6.45) is 0.570. The van der Waals surface area contributed by atoms with Gasteiger partial charge in [0, 0.05) is 27.4 Å². The Morgan fingerprint density at radius 1 is 0.963 bits per heavy atom. The molecule has 2 aromatic carbocycles. The van der Waals surface area contributed by atoms with Gasteiger partial charge in [0.2, 0.25) is 0 Å². The molecule has 0 aliphatic carbocycles. The van der Waals surface area contributed by atoms with Gasteiger partial charge in [-0.1, -0.05) is 12.0 Å². The van der Waals surface area contributed by atoms with E-state index in [1.165, 1.54) is 7.11 Å². The van der Waals surface area contributed by atoms with Gasteiger partial charge in [0.25, 0.3) is 0 Å². The quantitative estimate of drug-likeness (QED) is 0.537. The number of hydrogen-bond acceptors (Lipinski definition) is 6. The molecule has 0 saturated carbocycles. The number of benzene rings is 2. The average molecular weight is 407 g/mol. The van der Waals surface area contributed by atoms with E-state index < -0.39 is 21.6 Å². The molecule has 0 aliphatic heterocycles. The van der Waals surface area contributed by atoms with Crippen molar-refractivity contribution >= 4 is 33.0 Å². The third-order valence-electron chi connectivity index (χ3n) is 3.69. The van der Waals surface area contributed by atoms with Crippen molar-refractivity contribution < 1.29 is 17.9 Å². The second-order valence-corrected chi connectivity index (χ2v) is 8.74. The number of hydrogen-bond donors (Lipinski definition) is 2. The first kappa shape index (κ1) is 20.8. The lowest BCUT2D eigenvalue weighted by Gasteiger charge is -2.07. The van der Waals surface area contributed by atoms with E-state index >= 15 is 0 Å².